The van der Waals surface area contributed by atoms with Crippen molar-refractivity contribution in [2.45, 2.75) is 25.8 Å². The van der Waals surface area contributed by atoms with Gasteiger partial charge < -0.3 is 5.32 Å². The maximum atomic E-state index is 13.5. The Morgan fingerprint density at radius 2 is 2.25 bits per heavy atom. The van der Waals surface area contributed by atoms with E-state index in [4.69, 9.17) is 11.6 Å². The van der Waals surface area contributed by atoms with E-state index >= 15 is 0 Å². The molecule has 0 aliphatic carbocycles. The summed E-state index contributed by atoms with van der Waals surface area (Å²) >= 11 is 5.96. The molecule has 1 nitrogen and oxygen atoms in total. The minimum Gasteiger partial charge on any atom is -0.316 e. The number of halogens is 2. The first-order valence-electron chi connectivity index (χ1n) is 5.18. The van der Waals surface area contributed by atoms with Crippen LogP contribution < -0.4 is 5.32 Å². The van der Waals surface area contributed by atoms with Crippen LogP contribution in [0.15, 0.2) is 18.2 Å². The van der Waals surface area contributed by atoms with Gasteiger partial charge in [0.1, 0.15) is 5.82 Å². The fourth-order valence-corrected chi connectivity index (χ4v) is 1.72. The van der Waals surface area contributed by atoms with Crippen molar-refractivity contribution in [3.8, 4) is 11.8 Å². The van der Waals surface area contributed by atoms with Crippen molar-refractivity contribution in [2.24, 2.45) is 0 Å². The van der Waals surface area contributed by atoms with E-state index in [9.17, 15) is 4.39 Å². The average molecular weight is 240 g/mol. The van der Waals surface area contributed by atoms with E-state index in [0.29, 0.717) is 23.4 Å². The molecule has 0 spiro atoms. The van der Waals surface area contributed by atoms with Gasteiger partial charge in [0.25, 0.3) is 0 Å². The van der Waals surface area contributed by atoms with Gasteiger partial charge in [0, 0.05) is 23.0 Å². The second-order valence-electron chi connectivity index (χ2n) is 3.52. The Balaban J connectivity index is 2.80. The second kappa shape index (κ2) is 6.52. The predicted octanol–water partition coefficient (Wildman–Crippen LogP) is 3.02. The van der Waals surface area contributed by atoms with Gasteiger partial charge in [-0.1, -0.05) is 17.7 Å². The van der Waals surface area contributed by atoms with Gasteiger partial charge in [-0.05, 0) is 32.5 Å². The molecule has 1 aromatic rings. The summed E-state index contributed by atoms with van der Waals surface area (Å²) in [5.74, 6) is 5.56. The Hall–Kier alpha value is -1.04. The van der Waals surface area contributed by atoms with Crippen LogP contribution in [0.3, 0.4) is 0 Å². The summed E-state index contributed by atoms with van der Waals surface area (Å²) in [6.45, 7) is 1.79. The molecule has 0 aromatic heterocycles. The van der Waals surface area contributed by atoms with Crippen LogP contribution in [0.4, 0.5) is 4.39 Å². The number of hydrogen-bond acceptors (Lipinski definition) is 1. The molecule has 16 heavy (non-hydrogen) atoms. The van der Waals surface area contributed by atoms with Crippen LogP contribution in [0, 0.1) is 17.7 Å². The molecule has 0 radical (unpaired) electrons. The van der Waals surface area contributed by atoms with Gasteiger partial charge in [-0.25, -0.2) is 4.39 Å². The van der Waals surface area contributed by atoms with Crippen molar-refractivity contribution in [3.05, 3.63) is 34.6 Å². The maximum Gasteiger partial charge on any atom is 0.127 e. The van der Waals surface area contributed by atoms with Crippen LogP contribution >= 0.6 is 11.6 Å². The Kier molecular flexibility index (Phi) is 5.31. The maximum absolute atomic E-state index is 13.5. The van der Waals surface area contributed by atoms with Crippen molar-refractivity contribution in [1.82, 2.24) is 5.32 Å². The fraction of sp³-hybridized carbons (Fsp3) is 0.385. The summed E-state index contributed by atoms with van der Waals surface area (Å²) in [5, 5.41) is 3.59. The third-order valence-electron chi connectivity index (χ3n) is 2.45. The molecule has 1 unspecified atom stereocenters. The van der Waals surface area contributed by atoms with Crippen LogP contribution in [0.1, 0.15) is 18.9 Å². The van der Waals surface area contributed by atoms with Crippen molar-refractivity contribution >= 4 is 11.6 Å². The molecular formula is C13H15ClFN. The Bertz CT molecular complexity index is 386. The highest BCUT2D eigenvalue weighted by Crippen LogP contribution is 2.20. The molecular weight excluding hydrogens is 225 g/mol. The van der Waals surface area contributed by atoms with Gasteiger partial charge in [-0.15, -0.1) is 11.8 Å². The van der Waals surface area contributed by atoms with Gasteiger partial charge >= 0.3 is 0 Å². The van der Waals surface area contributed by atoms with E-state index in [-0.39, 0.29) is 11.9 Å². The topological polar surface area (TPSA) is 12.0 Å². The first-order valence-corrected chi connectivity index (χ1v) is 5.56. The summed E-state index contributed by atoms with van der Waals surface area (Å²) in [6.07, 6.45) is 1.24. The highest BCUT2D eigenvalue weighted by atomic mass is 35.5. The number of benzene rings is 1. The van der Waals surface area contributed by atoms with Gasteiger partial charge in [0.2, 0.25) is 0 Å². The molecule has 0 aliphatic rings. The number of nitrogens with one attached hydrogen (secondary N) is 1. The van der Waals surface area contributed by atoms with Crippen LogP contribution in [-0.4, -0.2) is 13.1 Å². The van der Waals surface area contributed by atoms with Crippen molar-refractivity contribution < 1.29 is 4.39 Å². The third kappa shape index (κ3) is 3.52. The van der Waals surface area contributed by atoms with Crippen LogP contribution in [0.5, 0.6) is 0 Å². The van der Waals surface area contributed by atoms with Gasteiger partial charge in [-0.3, -0.25) is 0 Å². The molecule has 0 amide bonds. The zero-order valence-corrected chi connectivity index (χ0v) is 10.2. The van der Waals surface area contributed by atoms with Crippen LogP contribution in [-0.2, 0) is 6.42 Å². The summed E-state index contributed by atoms with van der Waals surface area (Å²) in [7, 11) is 1.84. The molecule has 0 bridgehead atoms. The lowest BCUT2D eigenvalue weighted by Crippen LogP contribution is -2.27. The summed E-state index contributed by atoms with van der Waals surface area (Å²) < 4.78 is 13.5. The number of rotatable bonds is 4. The van der Waals surface area contributed by atoms with E-state index in [1.807, 2.05) is 7.05 Å². The molecule has 0 saturated heterocycles. The van der Waals surface area contributed by atoms with Crippen LogP contribution in [0.2, 0.25) is 5.02 Å². The van der Waals surface area contributed by atoms with E-state index in [0.717, 1.165) is 0 Å². The molecule has 1 N–H and O–H groups in total. The fourth-order valence-electron chi connectivity index (χ4n) is 1.48. The molecule has 0 fully saturated rings. The highest BCUT2D eigenvalue weighted by molar-refractivity contribution is 6.31. The van der Waals surface area contributed by atoms with E-state index in [1.165, 1.54) is 6.07 Å². The van der Waals surface area contributed by atoms with Crippen molar-refractivity contribution in [2.75, 3.05) is 7.05 Å². The Morgan fingerprint density at radius 3 is 2.81 bits per heavy atom. The summed E-state index contributed by atoms with van der Waals surface area (Å²) in [5.41, 5.74) is 0.557. The molecule has 1 rings (SSSR count). The monoisotopic (exact) mass is 239 g/mol. The average Bonchev–Trinajstić information content (AvgIpc) is 2.28. The Morgan fingerprint density at radius 1 is 1.50 bits per heavy atom. The first kappa shape index (κ1) is 13.0. The lowest BCUT2D eigenvalue weighted by molar-refractivity contribution is 0.543. The van der Waals surface area contributed by atoms with Gasteiger partial charge in [-0.2, -0.15) is 0 Å². The first-order chi connectivity index (χ1) is 7.69. The molecule has 0 heterocycles. The van der Waals surface area contributed by atoms with Crippen molar-refractivity contribution in [3.63, 3.8) is 0 Å². The molecule has 1 atom stereocenters. The second-order valence-corrected chi connectivity index (χ2v) is 3.93. The minimum atomic E-state index is -0.253. The summed E-state index contributed by atoms with van der Waals surface area (Å²) in [6, 6.07) is 4.88. The SMILES string of the molecule is CC#CCC(Cc1c(F)cccc1Cl)NC. The van der Waals surface area contributed by atoms with Crippen LogP contribution in [0.25, 0.3) is 0 Å². The van der Waals surface area contributed by atoms with Crippen molar-refractivity contribution in [1.29, 1.82) is 0 Å². The standard InChI is InChI=1S/C13H15ClFN/c1-3-4-6-10(16-2)9-11-12(14)7-5-8-13(11)15/h5,7-8,10,16H,6,9H2,1-2H3. The lowest BCUT2D eigenvalue weighted by atomic mass is 10.0. The predicted molar refractivity (Wildman–Crippen MR) is 66.0 cm³/mol. The van der Waals surface area contributed by atoms with E-state index in [2.05, 4.69) is 17.2 Å². The van der Waals surface area contributed by atoms with Gasteiger partial charge in [0.05, 0.1) is 0 Å². The normalized spacial score (nSPS) is 11.8. The van der Waals surface area contributed by atoms with E-state index in [1.54, 1.807) is 19.1 Å². The molecule has 0 aliphatic heterocycles. The summed E-state index contributed by atoms with van der Waals surface area (Å²) in [4.78, 5) is 0. The largest absolute Gasteiger partial charge is 0.316 e. The highest BCUT2D eigenvalue weighted by Gasteiger charge is 2.12. The van der Waals surface area contributed by atoms with Gasteiger partial charge in [0.15, 0.2) is 0 Å². The smallest absolute Gasteiger partial charge is 0.127 e. The molecule has 3 heteroatoms. The lowest BCUT2D eigenvalue weighted by Gasteiger charge is -2.14. The zero-order chi connectivity index (χ0) is 12.0. The quantitative estimate of drug-likeness (QED) is 0.797. The number of likely N-dealkylation sites (N-methyl/N-ethyl adjacent to an activating group) is 1. The molecule has 1 aromatic carbocycles. The zero-order valence-electron chi connectivity index (χ0n) is 9.48. The molecule has 0 saturated carbocycles. The van der Waals surface area contributed by atoms with E-state index < -0.39 is 0 Å². The number of hydrogen-bond donors (Lipinski definition) is 1. The molecule has 86 valence electrons. The third-order valence-corrected chi connectivity index (χ3v) is 2.80. The minimum absolute atomic E-state index is 0.127. The Labute approximate surface area is 101 Å².